The van der Waals surface area contributed by atoms with Gasteiger partial charge in [-0.15, -0.1) is 10.2 Å². The molecule has 1 aromatic carbocycles. The van der Waals surface area contributed by atoms with Crippen LogP contribution in [0.25, 0.3) is 11.0 Å². The molecule has 0 saturated heterocycles. The van der Waals surface area contributed by atoms with Crippen LogP contribution in [0.1, 0.15) is 24.5 Å². The summed E-state index contributed by atoms with van der Waals surface area (Å²) >= 11 is 4.37. The van der Waals surface area contributed by atoms with Crippen LogP contribution >= 0.6 is 34.9 Å². The molecule has 0 spiro atoms. The summed E-state index contributed by atoms with van der Waals surface area (Å²) in [5.41, 5.74) is 1.02. The van der Waals surface area contributed by atoms with Crippen molar-refractivity contribution < 1.29 is 8.78 Å². The first-order valence-electron chi connectivity index (χ1n) is 6.39. The molecular weight excluding hydrogens is 346 g/mol. The predicted octanol–water partition coefficient (Wildman–Crippen LogP) is 4.86. The fourth-order valence-electron chi connectivity index (χ4n) is 2.09. The molecule has 0 N–H and O–H groups in total. The zero-order valence-corrected chi connectivity index (χ0v) is 14.2. The largest absolute Gasteiger partial charge is 0.320 e. The lowest BCUT2D eigenvalue weighted by Crippen LogP contribution is -2.06. The molecule has 2 aromatic heterocycles. The Morgan fingerprint density at radius 1 is 1.18 bits per heavy atom. The minimum atomic E-state index is -2.62. The summed E-state index contributed by atoms with van der Waals surface area (Å²) in [5.74, 6) is 0.349. The average molecular weight is 358 g/mol. The van der Waals surface area contributed by atoms with Crippen molar-refractivity contribution in [2.24, 2.45) is 0 Å². The van der Waals surface area contributed by atoms with Gasteiger partial charge in [0.25, 0.3) is 0 Å². The number of rotatable bonds is 5. The van der Waals surface area contributed by atoms with E-state index in [2.05, 4.69) is 15.2 Å². The third-order valence-corrected chi connectivity index (χ3v) is 6.10. The molecule has 0 aliphatic carbocycles. The fraction of sp³-hybridized carbons (Fsp3) is 0.308. The van der Waals surface area contributed by atoms with Crippen molar-refractivity contribution in [2.45, 2.75) is 27.4 Å². The minimum absolute atomic E-state index is 0.246. The standard InChI is InChI=1S/C13H12F2N4S3/c1-7(21-13-18-17-12(20-2)22-13)10-16-8-5-3-4-6-9(8)19(10)11(14)15/h3-7,11H,1-2H3/t7-/m0/s1. The van der Waals surface area contributed by atoms with Crippen molar-refractivity contribution in [3.05, 3.63) is 30.1 Å². The molecule has 0 aliphatic rings. The third-order valence-electron chi connectivity index (χ3n) is 3.02. The van der Waals surface area contributed by atoms with Crippen molar-refractivity contribution in [3.63, 3.8) is 0 Å². The van der Waals surface area contributed by atoms with E-state index in [1.165, 1.54) is 34.9 Å². The summed E-state index contributed by atoms with van der Waals surface area (Å²) in [5, 5.41) is 7.84. The minimum Gasteiger partial charge on any atom is -0.269 e. The van der Waals surface area contributed by atoms with Gasteiger partial charge < -0.3 is 0 Å². The number of halogens is 2. The lowest BCUT2D eigenvalue weighted by Gasteiger charge is -2.12. The molecule has 0 saturated carbocycles. The Labute approximate surface area is 138 Å². The van der Waals surface area contributed by atoms with Crippen LogP contribution < -0.4 is 0 Å². The first kappa shape index (κ1) is 15.7. The summed E-state index contributed by atoms with van der Waals surface area (Å²) in [6.45, 7) is -0.771. The van der Waals surface area contributed by atoms with Gasteiger partial charge in [-0.1, -0.05) is 47.0 Å². The second-order valence-corrected chi connectivity index (χ2v) is 8.02. The Morgan fingerprint density at radius 2 is 1.91 bits per heavy atom. The van der Waals surface area contributed by atoms with Gasteiger partial charge in [-0.3, -0.25) is 4.57 Å². The fourth-order valence-corrected chi connectivity index (χ4v) is 4.77. The lowest BCUT2D eigenvalue weighted by atomic mass is 10.3. The summed E-state index contributed by atoms with van der Waals surface area (Å²) in [6.07, 6.45) is 1.93. The highest BCUT2D eigenvalue weighted by atomic mass is 32.2. The Balaban J connectivity index is 1.96. The first-order chi connectivity index (χ1) is 10.6. The van der Waals surface area contributed by atoms with E-state index < -0.39 is 6.55 Å². The van der Waals surface area contributed by atoms with E-state index in [4.69, 9.17) is 0 Å². The molecule has 3 rings (SSSR count). The van der Waals surface area contributed by atoms with Gasteiger partial charge in [0.1, 0.15) is 5.82 Å². The van der Waals surface area contributed by atoms with Crippen LogP contribution in [0.3, 0.4) is 0 Å². The zero-order chi connectivity index (χ0) is 15.7. The molecule has 3 aromatic rings. The number of alkyl halides is 2. The van der Waals surface area contributed by atoms with Gasteiger partial charge >= 0.3 is 6.55 Å². The van der Waals surface area contributed by atoms with E-state index in [0.717, 1.165) is 13.2 Å². The Morgan fingerprint density at radius 3 is 2.59 bits per heavy atom. The molecule has 1 atom stereocenters. The quantitative estimate of drug-likeness (QED) is 0.610. The number of nitrogens with zero attached hydrogens (tertiary/aromatic N) is 4. The molecule has 116 valence electrons. The van der Waals surface area contributed by atoms with Gasteiger partial charge in [-0.05, 0) is 25.3 Å². The van der Waals surface area contributed by atoms with Crippen molar-refractivity contribution in [2.75, 3.05) is 6.26 Å². The Kier molecular flexibility index (Phi) is 4.65. The van der Waals surface area contributed by atoms with E-state index in [9.17, 15) is 8.78 Å². The highest BCUT2D eigenvalue weighted by Gasteiger charge is 2.23. The maximum Gasteiger partial charge on any atom is 0.320 e. The maximum atomic E-state index is 13.4. The normalized spacial score (nSPS) is 13.1. The summed E-state index contributed by atoms with van der Waals surface area (Å²) in [4.78, 5) is 4.37. The molecule has 4 nitrogen and oxygen atoms in total. The summed E-state index contributed by atoms with van der Waals surface area (Å²) in [6, 6.07) is 6.93. The number of fused-ring (bicyclic) bond motifs is 1. The summed E-state index contributed by atoms with van der Waals surface area (Å²) < 4.78 is 29.5. The van der Waals surface area contributed by atoms with Crippen molar-refractivity contribution >= 4 is 45.9 Å². The van der Waals surface area contributed by atoms with Gasteiger partial charge in [-0.25, -0.2) is 4.98 Å². The van der Waals surface area contributed by atoms with Crippen LogP contribution in [0.4, 0.5) is 8.78 Å². The molecule has 0 aliphatic heterocycles. The van der Waals surface area contributed by atoms with E-state index >= 15 is 0 Å². The number of hydrogen-bond donors (Lipinski definition) is 0. The molecule has 9 heteroatoms. The predicted molar refractivity (Wildman–Crippen MR) is 86.9 cm³/mol. The van der Waals surface area contributed by atoms with Crippen LogP contribution in [0.5, 0.6) is 0 Å². The Bertz CT molecular complexity index is 787. The maximum absolute atomic E-state index is 13.4. The smallest absolute Gasteiger partial charge is 0.269 e. The lowest BCUT2D eigenvalue weighted by molar-refractivity contribution is 0.0715. The number of aromatic nitrogens is 4. The molecule has 0 bridgehead atoms. The van der Waals surface area contributed by atoms with E-state index in [1.807, 2.05) is 13.2 Å². The van der Waals surface area contributed by atoms with Crippen LogP contribution in [0.2, 0.25) is 0 Å². The van der Waals surface area contributed by atoms with Crippen LogP contribution in [-0.2, 0) is 0 Å². The van der Waals surface area contributed by atoms with Gasteiger partial charge in [0.05, 0.1) is 16.3 Å². The Hall–Kier alpha value is -1.19. The van der Waals surface area contributed by atoms with Crippen molar-refractivity contribution in [1.29, 1.82) is 0 Å². The van der Waals surface area contributed by atoms with Crippen LogP contribution in [-0.4, -0.2) is 26.0 Å². The van der Waals surface area contributed by atoms with Crippen molar-refractivity contribution in [1.82, 2.24) is 19.7 Å². The first-order valence-corrected chi connectivity index (χ1v) is 9.31. The second-order valence-electron chi connectivity index (χ2n) is 4.40. The molecule has 2 heterocycles. The highest BCUT2D eigenvalue weighted by Crippen LogP contribution is 2.39. The number of thioether (sulfide) groups is 2. The second kappa shape index (κ2) is 6.51. The van der Waals surface area contributed by atoms with E-state index in [-0.39, 0.29) is 5.25 Å². The van der Waals surface area contributed by atoms with E-state index in [0.29, 0.717) is 16.9 Å². The zero-order valence-electron chi connectivity index (χ0n) is 11.7. The number of para-hydroxylation sites is 2. The number of imidazole rings is 1. The molecular formula is C13H12F2N4S3. The van der Waals surface area contributed by atoms with Crippen molar-refractivity contribution in [3.8, 4) is 0 Å². The summed E-state index contributed by atoms with van der Waals surface area (Å²) in [7, 11) is 0. The van der Waals surface area contributed by atoms with Crippen LogP contribution in [0.15, 0.2) is 32.9 Å². The number of benzene rings is 1. The molecule has 0 radical (unpaired) electrons. The average Bonchev–Trinajstić information content (AvgIpc) is 3.10. The van der Waals surface area contributed by atoms with Gasteiger partial charge in [-0.2, -0.15) is 8.78 Å². The molecule has 22 heavy (non-hydrogen) atoms. The molecule has 0 amide bonds. The molecule has 0 unspecified atom stereocenters. The highest BCUT2D eigenvalue weighted by molar-refractivity contribution is 8.03. The van der Waals surface area contributed by atoms with Gasteiger partial charge in [0.15, 0.2) is 8.68 Å². The van der Waals surface area contributed by atoms with Crippen LogP contribution in [0, 0.1) is 0 Å². The molecule has 0 fully saturated rings. The number of hydrogen-bond acceptors (Lipinski definition) is 6. The SMILES string of the molecule is CSc1nnc(S[C@@H](C)c2nc3ccccc3n2C(F)F)s1. The third kappa shape index (κ3) is 2.97. The monoisotopic (exact) mass is 358 g/mol. The van der Waals surface area contributed by atoms with Gasteiger partial charge in [0, 0.05) is 0 Å². The van der Waals surface area contributed by atoms with E-state index in [1.54, 1.807) is 24.3 Å². The van der Waals surface area contributed by atoms with Gasteiger partial charge in [0.2, 0.25) is 0 Å². The topological polar surface area (TPSA) is 43.6 Å².